The van der Waals surface area contributed by atoms with Crippen molar-refractivity contribution in [2.45, 2.75) is 30.8 Å². The number of Topliss-reactive ketones (excluding diaryl/α,β-unsaturated/α-hetero) is 1. The van der Waals surface area contributed by atoms with Crippen LogP contribution in [0.4, 0.5) is 0 Å². The minimum atomic E-state index is -0.283. The first-order valence-corrected chi connectivity index (χ1v) is 10.3. The molecule has 29 heavy (non-hydrogen) atoms. The molecule has 0 aliphatic heterocycles. The molecule has 2 heterocycles. The molecule has 0 amide bonds. The number of aryl methyl sites for hydroxylation is 1. The highest BCUT2D eigenvalue weighted by Crippen LogP contribution is 2.30. The zero-order valence-corrected chi connectivity index (χ0v) is 17.1. The molecule has 6 heteroatoms. The van der Waals surface area contributed by atoms with E-state index in [1.165, 1.54) is 11.8 Å². The predicted molar refractivity (Wildman–Crippen MR) is 114 cm³/mol. The van der Waals surface area contributed by atoms with Gasteiger partial charge in [-0.15, -0.1) is 10.2 Å². The van der Waals surface area contributed by atoms with E-state index < -0.39 is 0 Å². The first-order valence-electron chi connectivity index (χ1n) is 9.41. The fraction of sp³-hybridized carbons (Fsp3) is 0.174. The lowest BCUT2D eigenvalue weighted by Gasteiger charge is -2.13. The quantitative estimate of drug-likeness (QED) is 0.311. The molecule has 2 aromatic carbocycles. The second kappa shape index (κ2) is 8.49. The van der Waals surface area contributed by atoms with Crippen LogP contribution in [0.5, 0.6) is 0 Å². The van der Waals surface area contributed by atoms with E-state index in [0.29, 0.717) is 17.3 Å². The van der Waals surface area contributed by atoms with E-state index in [-0.39, 0.29) is 11.0 Å². The Morgan fingerprint density at radius 2 is 1.72 bits per heavy atom. The largest absolute Gasteiger partial charge is 0.469 e. The lowest BCUT2D eigenvalue weighted by molar-refractivity contribution is 0.0994. The molecule has 0 saturated heterocycles. The summed E-state index contributed by atoms with van der Waals surface area (Å²) in [4.78, 5) is 12.8. The lowest BCUT2D eigenvalue weighted by atomic mass is 10.1. The van der Waals surface area contributed by atoms with Crippen molar-refractivity contribution >= 4 is 17.5 Å². The number of thioether (sulfide) groups is 1. The number of furan rings is 1. The van der Waals surface area contributed by atoms with E-state index in [1.54, 1.807) is 6.26 Å². The fourth-order valence-corrected chi connectivity index (χ4v) is 4.07. The molecule has 4 aromatic rings. The van der Waals surface area contributed by atoms with Gasteiger partial charge in [-0.1, -0.05) is 72.4 Å². The standard InChI is InChI=1S/C23H21N3O2S/c1-16-20(13-14-28-16)22-24-25-23(26(22)15-18-9-5-3-6-10-18)29-17(2)21(27)19-11-7-4-8-12-19/h3-14,17H,15H2,1-2H3/t17-/m0/s1. The highest BCUT2D eigenvalue weighted by atomic mass is 32.2. The second-order valence-electron chi connectivity index (χ2n) is 6.76. The maximum atomic E-state index is 12.8. The number of nitrogens with zero attached hydrogens (tertiary/aromatic N) is 3. The Hall–Kier alpha value is -3.12. The molecule has 0 bridgehead atoms. The monoisotopic (exact) mass is 403 g/mol. The summed E-state index contributed by atoms with van der Waals surface area (Å²) in [5.41, 5.74) is 2.74. The molecular formula is C23H21N3O2S. The third-order valence-corrected chi connectivity index (χ3v) is 5.79. The summed E-state index contributed by atoms with van der Waals surface area (Å²) < 4.78 is 7.52. The van der Waals surface area contributed by atoms with Crippen molar-refractivity contribution in [1.29, 1.82) is 0 Å². The molecular weight excluding hydrogens is 382 g/mol. The van der Waals surface area contributed by atoms with E-state index >= 15 is 0 Å². The normalized spacial score (nSPS) is 12.1. The van der Waals surface area contributed by atoms with Crippen LogP contribution in [0.15, 0.2) is 82.6 Å². The SMILES string of the molecule is Cc1occc1-c1nnc(S[C@@H](C)C(=O)c2ccccc2)n1Cc1ccccc1. The van der Waals surface area contributed by atoms with Gasteiger partial charge in [0.05, 0.1) is 23.6 Å². The van der Waals surface area contributed by atoms with Crippen molar-refractivity contribution in [1.82, 2.24) is 14.8 Å². The van der Waals surface area contributed by atoms with Crippen LogP contribution in [0.25, 0.3) is 11.4 Å². The first-order chi connectivity index (χ1) is 14.1. The van der Waals surface area contributed by atoms with Gasteiger partial charge in [-0.2, -0.15) is 0 Å². The van der Waals surface area contributed by atoms with E-state index in [9.17, 15) is 4.79 Å². The average molecular weight is 404 g/mol. The Balaban J connectivity index is 1.67. The Morgan fingerprint density at radius 1 is 1.03 bits per heavy atom. The molecule has 0 fully saturated rings. The van der Waals surface area contributed by atoms with Crippen LogP contribution in [-0.2, 0) is 6.54 Å². The number of rotatable bonds is 7. The highest BCUT2D eigenvalue weighted by molar-refractivity contribution is 8.00. The Kier molecular flexibility index (Phi) is 5.62. The van der Waals surface area contributed by atoms with Crippen LogP contribution in [0, 0.1) is 6.92 Å². The Labute approximate surface area is 173 Å². The summed E-state index contributed by atoms with van der Waals surface area (Å²) in [6.07, 6.45) is 1.65. The molecule has 0 aliphatic carbocycles. The summed E-state index contributed by atoms with van der Waals surface area (Å²) in [6, 6.07) is 21.4. The molecule has 0 radical (unpaired) electrons. The third kappa shape index (κ3) is 4.17. The summed E-state index contributed by atoms with van der Waals surface area (Å²) in [5, 5.41) is 9.26. The zero-order chi connectivity index (χ0) is 20.2. The van der Waals surface area contributed by atoms with Gasteiger partial charge in [-0.3, -0.25) is 9.36 Å². The van der Waals surface area contributed by atoms with Crippen LogP contribution in [0.3, 0.4) is 0 Å². The number of carbonyl (C=O) groups is 1. The van der Waals surface area contributed by atoms with Gasteiger partial charge < -0.3 is 4.42 Å². The molecule has 0 saturated carbocycles. The van der Waals surface area contributed by atoms with Gasteiger partial charge in [0.15, 0.2) is 16.8 Å². The van der Waals surface area contributed by atoms with Gasteiger partial charge in [0.1, 0.15) is 5.76 Å². The summed E-state index contributed by atoms with van der Waals surface area (Å²) >= 11 is 1.43. The van der Waals surface area contributed by atoms with E-state index in [0.717, 1.165) is 22.7 Å². The topological polar surface area (TPSA) is 60.9 Å². The van der Waals surface area contributed by atoms with Crippen molar-refractivity contribution in [3.05, 3.63) is 89.9 Å². The maximum Gasteiger partial charge on any atom is 0.192 e. The predicted octanol–water partition coefficient (Wildman–Crippen LogP) is 5.26. The third-order valence-electron chi connectivity index (χ3n) is 4.71. The van der Waals surface area contributed by atoms with E-state index in [1.807, 2.05) is 73.0 Å². The summed E-state index contributed by atoms with van der Waals surface area (Å²) in [5.74, 6) is 1.60. The molecule has 0 N–H and O–H groups in total. The van der Waals surface area contributed by atoms with Gasteiger partial charge in [-0.25, -0.2) is 0 Å². The van der Waals surface area contributed by atoms with Crippen LogP contribution >= 0.6 is 11.8 Å². The molecule has 0 aliphatic rings. The number of benzene rings is 2. The smallest absolute Gasteiger partial charge is 0.192 e. The van der Waals surface area contributed by atoms with Crippen LogP contribution < -0.4 is 0 Å². The Morgan fingerprint density at radius 3 is 2.38 bits per heavy atom. The molecule has 5 nitrogen and oxygen atoms in total. The number of hydrogen-bond donors (Lipinski definition) is 0. The second-order valence-corrected chi connectivity index (χ2v) is 8.07. The van der Waals surface area contributed by atoms with Crippen molar-refractivity contribution in [2.24, 2.45) is 0 Å². The average Bonchev–Trinajstić information content (AvgIpc) is 3.34. The molecule has 2 aromatic heterocycles. The van der Waals surface area contributed by atoms with Gasteiger partial charge in [0.25, 0.3) is 0 Å². The van der Waals surface area contributed by atoms with Crippen LogP contribution in [-0.4, -0.2) is 25.8 Å². The fourth-order valence-electron chi connectivity index (χ4n) is 3.15. The van der Waals surface area contributed by atoms with Crippen LogP contribution in [0.1, 0.15) is 28.6 Å². The maximum absolute atomic E-state index is 12.8. The summed E-state index contributed by atoms with van der Waals surface area (Å²) in [7, 11) is 0. The zero-order valence-electron chi connectivity index (χ0n) is 16.3. The molecule has 146 valence electrons. The number of aromatic nitrogens is 3. The van der Waals surface area contributed by atoms with Crippen molar-refractivity contribution in [3.8, 4) is 11.4 Å². The van der Waals surface area contributed by atoms with Gasteiger partial charge >= 0.3 is 0 Å². The molecule has 0 spiro atoms. The molecule has 0 unspecified atom stereocenters. The number of ketones is 1. The lowest BCUT2D eigenvalue weighted by Crippen LogP contribution is -2.15. The molecule has 4 rings (SSSR count). The van der Waals surface area contributed by atoms with Gasteiger partial charge in [0.2, 0.25) is 0 Å². The number of hydrogen-bond acceptors (Lipinski definition) is 5. The van der Waals surface area contributed by atoms with Crippen molar-refractivity contribution in [2.75, 3.05) is 0 Å². The van der Waals surface area contributed by atoms with Gasteiger partial charge in [-0.05, 0) is 25.5 Å². The Bertz CT molecular complexity index is 1100. The van der Waals surface area contributed by atoms with Crippen molar-refractivity contribution in [3.63, 3.8) is 0 Å². The number of carbonyl (C=O) groups excluding carboxylic acids is 1. The van der Waals surface area contributed by atoms with Gasteiger partial charge in [0, 0.05) is 5.56 Å². The highest BCUT2D eigenvalue weighted by Gasteiger charge is 2.23. The van der Waals surface area contributed by atoms with Crippen LogP contribution in [0.2, 0.25) is 0 Å². The van der Waals surface area contributed by atoms with Crippen molar-refractivity contribution < 1.29 is 9.21 Å². The molecule has 1 atom stereocenters. The van der Waals surface area contributed by atoms with E-state index in [4.69, 9.17) is 4.42 Å². The summed E-state index contributed by atoms with van der Waals surface area (Å²) in [6.45, 7) is 4.43. The minimum Gasteiger partial charge on any atom is -0.469 e. The minimum absolute atomic E-state index is 0.0749. The van der Waals surface area contributed by atoms with E-state index in [2.05, 4.69) is 22.3 Å². The first kappa shape index (κ1) is 19.2.